The predicted octanol–water partition coefficient (Wildman–Crippen LogP) is 3.66. The highest BCUT2D eigenvalue weighted by Gasteiger charge is 2.28. The lowest BCUT2D eigenvalue weighted by atomic mass is 10.1. The van der Waals surface area contributed by atoms with Crippen LogP contribution in [0.15, 0.2) is 84.3 Å². The number of nitrogens with zero attached hydrogens (tertiary/aromatic N) is 1. The Morgan fingerprint density at radius 2 is 1.72 bits per heavy atom. The van der Waals surface area contributed by atoms with Crippen LogP contribution in [0.3, 0.4) is 0 Å². The molecule has 0 bridgehead atoms. The molecule has 2 amide bonds. The normalized spacial score (nSPS) is 16.7. The SMILES string of the molecule is C=CC(=O)NC1CCCN(S(=O)(=O)c2ccc(C(=O)NCCc3ccc4ccccc4c3)cc2)CC1. The lowest BCUT2D eigenvalue weighted by molar-refractivity contribution is -0.117. The molecule has 1 aliphatic rings. The first-order valence-corrected chi connectivity index (χ1v) is 13.6. The van der Waals surface area contributed by atoms with E-state index in [1.165, 1.54) is 33.3 Å². The maximum Gasteiger partial charge on any atom is 0.251 e. The van der Waals surface area contributed by atoms with Crippen molar-refractivity contribution in [1.82, 2.24) is 14.9 Å². The zero-order valence-electron chi connectivity index (χ0n) is 20.2. The van der Waals surface area contributed by atoms with Crippen LogP contribution in [-0.2, 0) is 21.2 Å². The highest BCUT2D eigenvalue weighted by molar-refractivity contribution is 7.89. The van der Waals surface area contributed by atoms with Crippen LogP contribution in [0, 0.1) is 0 Å². The second-order valence-corrected chi connectivity index (χ2v) is 10.9. The van der Waals surface area contributed by atoms with Gasteiger partial charge >= 0.3 is 0 Å². The Morgan fingerprint density at radius 1 is 0.972 bits per heavy atom. The van der Waals surface area contributed by atoms with Crippen LogP contribution in [0.4, 0.5) is 0 Å². The molecule has 0 aliphatic carbocycles. The van der Waals surface area contributed by atoms with Gasteiger partial charge in [-0.05, 0) is 72.4 Å². The van der Waals surface area contributed by atoms with Crippen LogP contribution in [-0.4, -0.2) is 50.2 Å². The zero-order chi connectivity index (χ0) is 25.5. The number of amides is 2. The van der Waals surface area contributed by atoms with Gasteiger partial charge in [-0.3, -0.25) is 9.59 Å². The van der Waals surface area contributed by atoms with E-state index < -0.39 is 10.0 Å². The average molecular weight is 506 g/mol. The molecule has 8 heteroatoms. The number of sulfonamides is 1. The van der Waals surface area contributed by atoms with E-state index >= 15 is 0 Å². The van der Waals surface area contributed by atoms with Gasteiger partial charge in [0.15, 0.2) is 0 Å². The molecule has 1 saturated heterocycles. The summed E-state index contributed by atoms with van der Waals surface area (Å²) in [5.41, 5.74) is 1.55. The highest BCUT2D eigenvalue weighted by atomic mass is 32.2. The summed E-state index contributed by atoms with van der Waals surface area (Å²) in [5, 5.41) is 8.11. The Hall–Kier alpha value is -3.49. The number of benzene rings is 3. The number of rotatable bonds is 8. The molecule has 0 radical (unpaired) electrons. The Balaban J connectivity index is 1.32. The van der Waals surface area contributed by atoms with Gasteiger partial charge in [0.05, 0.1) is 4.90 Å². The summed E-state index contributed by atoms with van der Waals surface area (Å²) in [6.07, 6.45) is 3.83. The fourth-order valence-electron chi connectivity index (χ4n) is 4.46. The predicted molar refractivity (Wildman–Crippen MR) is 141 cm³/mol. The quantitative estimate of drug-likeness (QED) is 0.457. The van der Waals surface area contributed by atoms with Crippen molar-refractivity contribution in [2.75, 3.05) is 19.6 Å². The van der Waals surface area contributed by atoms with Crippen LogP contribution in [0.1, 0.15) is 35.2 Å². The standard InChI is InChI=1S/C28H31N3O4S/c1-2-27(32)30-25-8-5-18-31(19-16-25)36(34,35)26-13-11-23(12-14-26)28(33)29-17-15-21-9-10-22-6-3-4-7-24(22)20-21/h2-4,6-7,9-14,20,25H,1,5,8,15-19H2,(H,29,33)(H,30,32). The lowest BCUT2D eigenvalue weighted by Gasteiger charge is -2.20. The fraction of sp³-hybridized carbons (Fsp3) is 0.286. The van der Waals surface area contributed by atoms with E-state index in [1.54, 1.807) is 12.1 Å². The van der Waals surface area contributed by atoms with Crippen molar-refractivity contribution in [3.8, 4) is 0 Å². The summed E-state index contributed by atoms with van der Waals surface area (Å²) in [7, 11) is -3.69. The Kier molecular flexibility index (Phi) is 8.18. The molecule has 2 N–H and O–H groups in total. The minimum absolute atomic E-state index is 0.0728. The molecule has 3 aromatic rings. The van der Waals surface area contributed by atoms with Crippen LogP contribution < -0.4 is 10.6 Å². The number of fused-ring (bicyclic) bond motifs is 1. The molecular formula is C28H31N3O4S. The molecule has 188 valence electrons. The van der Waals surface area contributed by atoms with Crippen molar-refractivity contribution < 1.29 is 18.0 Å². The third-order valence-corrected chi connectivity index (χ3v) is 8.40. The van der Waals surface area contributed by atoms with Crippen molar-refractivity contribution in [2.45, 2.75) is 36.6 Å². The van der Waals surface area contributed by atoms with Crippen molar-refractivity contribution in [3.05, 3.63) is 90.5 Å². The molecule has 0 aromatic heterocycles. The van der Waals surface area contributed by atoms with E-state index in [1.807, 2.05) is 12.1 Å². The largest absolute Gasteiger partial charge is 0.352 e. The minimum atomic E-state index is -3.69. The van der Waals surface area contributed by atoms with Gasteiger partial charge in [0.2, 0.25) is 15.9 Å². The van der Waals surface area contributed by atoms with Gasteiger partial charge in [-0.25, -0.2) is 8.42 Å². The van der Waals surface area contributed by atoms with Gasteiger partial charge in [-0.2, -0.15) is 4.31 Å². The van der Waals surface area contributed by atoms with Gasteiger partial charge in [0, 0.05) is 31.2 Å². The second kappa shape index (κ2) is 11.5. The average Bonchev–Trinajstić information content (AvgIpc) is 3.14. The molecule has 3 aromatic carbocycles. The van der Waals surface area contributed by atoms with Crippen molar-refractivity contribution in [1.29, 1.82) is 0 Å². The van der Waals surface area contributed by atoms with Gasteiger partial charge in [0.1, 0.15) is 0 Å². The van der Waals surface area contributed by atoms with Gasteiger partial charge < -0.3 is 10.6 Å². The Labute approximate surface area is 212 Å². The maximum atomic E-state index is 13.2. The summed E-state index contributed by atoms with van der Waals surface area (Å²) in [5.74, 6) is -0.488. The topological polar surface area (TPSA) is 95.6 Å². The minimum Gasteiger partial charge on any atom is -0.352 e. The molecule has 1 aliphatic heterocycles. The molecule has 36 heavy (non-hydrogen) atoms. The summed E-state index contributed by atoms with van der Waals surface area (Å²) in [4.78, 5) is 24.3. The molecule has 1 heterocycles. The van der Waals surface area contributed by atoms with Crippen LogP contribution >= 0.6 is 0 Å². The Morgan fingerprint density at radius 3 is 2.47 bits per heavy atom. The lowest BCUT2D eigenvalue weighted by Crippen LogP contribution is -2.36. The van der Waals surface area contributed by atoms with Crippen LogP contribution in [0.2, 0.25) is 0 Å². The molecule has 1 unspecified atom stereocenters. The molecule has 4 rings (SSSR count). The van der Waals surface area contributed by atoms with E-state index in [4.69, 9.17) is 0 Å². The van der Waals surface area contributed by atoms with Crippen LogP contribution in [0.25, 0.3) is 10.8 Å². The zero-order valence-corrected chi connectivity index (χ0v) is 21.0. The van der Waals surface area contributed by atoms with Gasteiger partial charge in [-0.1, -0.05) is 49.0 Å². The molecular weight excluding hydrogens is 474 g/mol. The van der Waals surface area contributed by atoms with E-state index in [2.05, 4.69) is 47.5 Å². The van der Waals surface area contributed by atoms with Crippen molar-refractivity contribution in [2.24, 2.45) is 0 Å². The van der Waals surface area contributed by atoms with Crippen LogP contribution in [0.5, 0.6) is 0 Å². The molecule has 1 atom stereocenters. The Bertz CT molecular complexity index is 1350. The molecule has 7 nitrogen and oxygen atoms in total. The van der Waals surface area contributed by atoms with E-state index in [9.17, 15) is 18.0 Å². The highest BCUT2D eigenvalue weighted by Crippen LogP contribution is 2.21. The summed E-state index contributed by atoms with van der Waals surface area (Å²) >= 11 is 0. The van der Waals surface area contributed by atoms with E-state index in [-0.39, 0.29) is 22.8 Å². The first-order chi connectivity index (χ1) is 17.4. The van der Waals surface area contributed by atoms with E-state index in [0.29, 0.717) is 50.9 Å². The van der Waals surface area contributed by atoms with E-state index in [0.717, 1.165) is 5.56 Å². The number of nitrogens with one attached hydrogen (secondary N) is 2. The second-order valence-electron chi connectivity index (χ2n) is 8.96. The molecule has 0 spiro atoms. The molecule has 0 saturated carbocycles. The smallest absolute Gasteiger partial charge is 0.251 e. The van der Waals surface area contributed by atoms with Crippen molar-refractivity contribution >= 4 is 32.6 Å². The number of hydrogen-bond donors (Lipinski definition) is 2. The third-order valence-electron chi connectivity index (χ3n) is 6.49. The fourth-order valence-corrected chi connectivity index (χ4v) is 5.95. The van der Waals surface area contributed by atoms with Gasteiger partial charge in [-0.15, -0.1) is 0 Å². The summed E-state index contributed by atoms with van der Waals surface area (Å²) in [6.45, 7) is 4.65. The third kappa shape index (κ3) is 6.19. The van der Waals surface area contributed by atoms with Gasteiger partial charge in [0.25, 0.3) is 5.91 Å². The number of carbonyl (C=O) groups excluding carboxylic acids is 2. The summed E-state index contributed by atoms with van der Waals surface area (Å²) in [6, 6.07) is 20.4. The first-order valence-electron chi connectivity index (χ1n) is 12.2. The first kappa shape index (κ1) is 25.6. The number of hydrogen-bond acceptors (Lipinski definition) is 4. The molecule has 1 fully saturated rings. The number of carbonyl (C=O) groups is 2. The summed E-state index contributed by atoms with van der Waals surface area (Å²) < 4.78 is 27.8. The van der Waals surface area contributed by atoms with Crippen molar-refractivity contribution in [3.63, 3.8) is 0 Å². The monoisotopic (exact) mass is 505 g/mol. The maximum absolute atomic E-state index is 13.2.